The van der Waals surface area contributed by atoms with Gasteiger partial charge in [0.25, 0.3) is 0 Å². The van der Waals surface area contributed by atoms with Gasteiger partial charge in [0.1, 0.15) is 5.78 Å². The summed E-state index contributed by atoms with van der Waals surface area (Å²) in [5.41, 5.74) is 1.07. The Labute approximate surface area is 162 Å². The van der Waals surface area contributed by atoms with Crippen molar-refractivity contribution in [2.45, 2.75) is 44.4 Å². The normalized spacial score (nSPS) is 19.2. The number of hydrogen-bond acceptors (Lipinski definition) is 3. The van der Waals surface area contributed by atoms with Gasteiger partial charge >= 0.3 is 0 Å². The van der Waals surface area contributed by atoms with Gasteiger partial charge in [0.2, 0.25) is 5.91 Å². The zero-order chi connectivity index (χ0) is 19.7. The molecule has 28 heavy (non-hydrogen) atoms. The molecule has 1 saturated heterocycles. The molecule has 148 valence electrons. The molecule has 1 aromatic carbocycles. The standard InChI is InChI=1S/C21H23F2N3O2/c22-19-17(5-6-18(20(19)23)15-11-24-25-12-15)13-7-9-26(10-8-13)21(28)14-1-3-16(27)4-2-14/h5-6,11-14H,1-4,7-10H2,(H,24,25). The van der Waals surface area contributed by atoms with Crippen LogP contribution in [0.5, 0.6) is 0 Å². The average Bonchev–Trinajstić information content (AvgIpc) is 3.25. The number of nitrogens with one attached hydrogen (secondary N) is 1. The predicted molar refractivity (Wildman–Crippen MR) is 99.5 cm³/mol. The van der Waals surface area contributed by atoms with E-state index in [0.717, 1.165) is 0 Å². The van der Waals surface area contributed by atoms with Crippen molar-refractivity contribution < 1.29 is 18.4 Å². The molecular weight excluding hydrogens is 364 g/mol. The molecule has 0 radical (unpaired) electrons. The van der Waals surface area contributed by atoms with Crippen molar-refractivity contribution in [3.63, 3.8) is 0 Å². The van der Waals surface area contributed by atoms with Crippen LogP contribution in [-0.4, -0.2) is 39.9 Å². The molecule has 1 aliphatic carbocycles. The molecule has 0 bridgehead atoms. The second-order valence-corrected chi connectivity index (χ2v) is 7.73. The van der Waals surface area contributed by atoms with Crippen LogP contribution in [0.15, 0.2) is 24.5 Å². The van der Waals surface area contributed by atoms with Gasteiger partial charge in [-0.1, -0.05) is 12.1 Å². The third kappa shape index (κ3) is 3.57. The summed E-state index contributed by atoms with van der Waals surface area (Å²) in [4.78, 5) is 25.9. The first-order valence-electron chi connectivity index (χ1n) is 9.82. The molecule has 2 heterocycles. The van der Waals surface area contributed by atoms with Gasteiger partial charge in [0.15, 0.2) is 11.6 Å². The van der Waals surface area contributed by atoms with Crippen LogP contribution in [0.25, 0.3) is 11.1 Å². The quantitative estimate of drug-likeness (QED) is 0.871. The molecule has 0 spiro atoms. The molecule has 2 fully saturated rings. The van der Waals surface area contributed by atoms with E-state index in [9.17, 15) is 18.4 Å². The summed E-state index contributed by atoms with van der Waals surface area (Å²) in [5.74, 6) is -1.51. The number of ketones is 1. The Morgan fingerprint density at radius 3 is 2.43 bits per heavy atom. The highest BCUT2D eigenvalue weighted by atomic mass is 19.2. The van der Waals surface area contributed by atoms with Crippen LogP contribution >= 0.6 is 0 Å². The Morgan fingerprint density at radius 1 is 1.07 bits per heavy atom. The van der Waals surface area contributed by atoms with Crippen molar-refractivity contribution in [3.8, 4) is 11.1 Å². The number of H-pyrrole nitrogens is 1. The lowest BCUT2D eigenvalue weighted by atomic mass is 9.85. The minimum atomic E-state index is -0.857. The van der Waals surface area contributed by atoms with Gasteiger partial charge in [-0.25, -0.2) is 8.78 Å². The van der Waals surface area contributed by atoms with Crippen molar-refractivity contribution in [2.75, 3.05) is 13.1 Å². The number of halogens is 2. The molecule has 4 rings (SSSR count). The Kier molecular flexibility index (Phi) is 5.24. The van der Waals surface area contributed by atoms with E-state index in [-0.39, 0.29) is 29.1 Å². The topological polar surface area (TPSA) is 66.1 Å². The molecule has 2 aliphatic rings. The van der Waals surface area contributed by atoms with Crippen molar-refractivity contribution in [1.29, 1.82) is 0 Å². The minimum Gasteiger partial charge on any atom is -0.342 e. The van der Waals surface area contributed by atoms with E-state index >= 15 is 0 Å². The smallest absolute Gasteiger partial charge is 0.225 e. The molecule has 1 N–H and O–H groups in total. The molecule has 5 nitrogen and oxygen atoms in total. The number of aromatic nitrogens is 2. The number of piperidine rings is 1. The number of carbonyl (C=O) groups is 2. The number of nitrogens with zero attached hydrogens (tertiary/aromatic N) is 2. The maximum atomic E-state index is 14.7. The van der Waals surface area contributed by atoms with Gasteiger partial charge in [0, 0.05) is 49.2 Å². The summed E-state index contributed by atoms with van der Waals surface area (Å²) in [6.45, 7) is 1.08. The third-order valence-corrected chi connectivity index (χ3v) is 6.06. The summed E-state index contributed by atoms with van der Waals surface area (Å²) < 4.78 is 29.3. The number of Topliss-reactive ketones (excluding diaryl/α,β-unsaturated/α-hetero) is 1. The number of hydrogen-bond donors (Lipinski definition) is 1. The Morgan fingerprint density at radius 2 is 1.79 bits per heavy atom. The number of amides is 1. The Bertz CT molecular complexity index is 864. The summed E-state index contributed by atoms with van der Waals surface area (Å²) in [6, 6.07) is 3.24. The first kappa shape index (κ1) is 18.8. The first-order valence-corrected chi connectivity index (χ1v) is 9.82. The summed E-state index contributed by atoms with van der Waals surface area (Å²) >= 11 is 0. The van der Waals surface area contributed by atoms with E-state index in [1.165, 1.54) is 12.4 Å². The Hall–Kier alpha value is -2.57. The van der Waals surface area contributed by atoms with E-state index in [2.05, 4.69) is 10.2 Å². The highest BCUT2D eigenvalue weighted by molar-refractivity contribution is 5.84. The lowest BCUT2D eigenvalue weighted by Gasteiger charge is -2.35. The van der Waals surface area contributed by atoms with Gasteiger partial charge in [-0.2, -0.15) is 5.10 Å². The average molecular weight is 387 g/mol. The van der Waals surface area contributed by atoms with E-state index in [0.29, 0.717) is 62.7 Å². The predicted octanol–water partition coefficient (Wildman–Crippen LogP) is 3.82. The zero-order valence-electron chi connectivity index (χ0n) is 15.6. The number of likely N-dealkylation sites (tertiary alicyclic amines) is 1. The molecule has 1 aliphatic heterocycles. The van der Waals surface area contributed by atoms with Crippen molar-refractivity contribution in [3.05, 3.63) is 41.7 Å². The molecule has 1 aromatic heterocycles. The summed E-state index contributed by atoms with van der Waals surface area (Å²) in [6.07, 6.45) is 6.44. The maximum absolute atomic E-state index is 14.7. The van der Waals surface area contributed by atoms with Crippen LogP contribution in [-0.2, 0) is 9.59 Å². The van der Waals surface area contributed by atoms with E-state index < -0.39 is 11.6 Å². The summed E-state index contributed by atoms with van der Waals surface area (Å²) in [5, 5.41) is 6.38. The van der Waals surface area contributed by atoms with Gasteiger partial charge < -0.3 is 4.90 Å². The molecule has 2 aromatic rings. The van der Waals surface area contributed by atoms with Crippen molar-refractivity contribution >= 4 is 11.7 Å². The van der Waals surface area contributed by atoms with Crippen molar-refractivity contribution in [1.82, 2.24) is 15.1 Å². The van der Waals surface area contributed by atoms with Gasteiger partial charge in [0.05, 0.1) is 6.20 Å². The minimum absolute atomic E-state index is 0.0716. The third-order valence-electron chi connectivity index (χ3n) is 6.06. The van der Waals surface area contributed by atoms with Crippen LogP contribution < -0.4 is 0 Å². The van der Waals surface area contributed by atoms with Crippen LogP contribution in [0.1, 0.15) is 50.0 Å². The van der Waals surface area contributed by atoms with E-state index in [1.54, 1.807) is 12.1 Å². The maximum Gasteiger partial charge on any atom is 0.225 e. The van der Waals surface area contributed by atoms with Gasteiger partial charge in [-0.3, -0.25) is 14.7 Å². The lowest BCUT2D eigenvalue weighted by molar-refractivity contribution is -0.138. The number of carbonyl (C=O) groups excluding carboxylic acids is 2. The molecule has 1 amide bonds. The fourth-order valence-corrected chi connectivity index (χ4v) is 4.36. The highest BCUT2D eigenvalue weighted by Crippen LogP contribution is 2.35. The monoisotopic (exact) mass is 387 g/mol. The number of aromatic amines is 1. The highest BCUT2D eigenvalue weighted by Gasteiger charge is 2.32. The fraction of sp³-hybridized carbons (Fsp3) is 0.476. The Balaban J connectivity index is 1.42. The second-order valence-electron chi connectivity index (χ2n) is 7.73. The molecular formula is C21H23F2N3O2. The summed E-state index contributed by atoms with van der Waals surface area (Å²) in [7, 11) is 0. The number of rotatable bonds is 3. The first-order chi connectivity index (χ1) is 13.5. The van der Waals surface area contributed by atoms with Crippen molar-refractivity contribution in [2.24, 2.45) is 5.92 Å². The van der Waals surface area contributed by atoms with Crippen LogP contribution in [0.2, 0.25) is 0 Å². The molecule has 7 heteroatoms. The van der Waals surface area contributed by atoms with Crippen LogP contribution in [0.3, 0.4) is 0 Å². The second kappa shape index (κ2) is 7.81. The van der Waals surface area contributed by atoms with E-state index in [1.807, 2.05) is 4.90 Å². The van der Waals surface area contributed by atoms with E-state index in [4.69, 9.17) is 0 Å². The SMILES string of the molecule is O=C1CCC(C(=O)N2CCC(c3ccc(-c4cn[nH]c4)c(F)c3F)CC2)CC1. The largest absolute Gasteiger partial charge is 0.342 e. The van der Waals surface area contributed by atoms with Gasteiger partial charge in [-0.15, -0.1) is 0 Å². The van der Waals surface area contributed by atoms with Crippen LogP contribution in [0, 0.1) is 17.6 Å². The van der Waals surface area contributed by atoms with Crippen LogP contribution in [0.4, 0.5) is 8.78 Å². The molecule has 0 atom stereocenters. The van der Waals surface area contributed by atoms with Gasteiger partial charge in [-0.05, 0) is 37.2 Å². The number of benzene rings is 1. The fourth-order valence-electron chi connectivity index (χ4n) is 4.36. The molecule has 0 unspecified atom stereocenters. The lowest BCUT2D eigenvalue weighted by Crippen LogP contribution is -2.42. The molecule has 1 saturated carbocycles. The zero-order valence-corrected chi connectivity index (χ0v) is 15.6.